The number of rotatable bonds is 7. The minimum absolute atomic E-state index is 0.0148. The van der Waals surface area contributed by atoms with E-state index in [-0.39, 0.29) is 44.6 Å². The summed E-state index contributed by atoms with van der Waals surface area (Å²) in [5.74, 6) is -0.0148. The smallest absolute Gasteiger partial charge is 0.402 e. The molecule has 10 nitrogen and oxygen atoms in total. The SMILES string of the molecule is OCC1COB(OCC2COB(OCC3COB(O)O3)O2)OC1. The van der Waals surface area contributed by atoms with Gasteiger partial charge in [0.1, 0.15) is 0 Å². The molecule has 2 unspecified atom stereocenters. The Balaban J connectivity index is 1.26. The molecule has 0 bridgehead atoms. The lowest BCUT2D eigenvalue weighted by Gasteiger charge is -2.25. The Hall–Kier alpha value is -0.205. The molecule has 0 aromatic rings. The third-order valence-corrected chi connectivity index (χ3v) is 3.49. The molecule has 3 fully saturated rings. The van der Waals surface area contributed by atoms with Gasteiger partial charge in [-0.2, -0.15) is 0 Å². The molecular weight excluding hydrogens is 313 g/mol. The van der Waals surface area contributed by atoms with Gasteiger partial charge in [-0.25, -0.2) is 0 Å². The summed E-state index contributed by atoms with van der Waals surface area (Å²) in [6.45, 7) is 1.81. The van der Waals surface area contributed by atoms with Gasteiger partial charge >= 0.3 is 22.0 Å². The van der Waals surface area contributed by atoms with Crippen molar-refractivity contribution in [3.63, 3.8) is 0 Å². The van der Waals surface area contributed by atoms with Crippen LogP contribution in [0.2, 0.25) is 0 Å². The molecule has 0 spiro atoms. The summed E-state index contributed by atoms with van der Waals surface area (Å²) in [7, 11) is -2.76. The Morgan fingerprint density at radius 1 is 0.826 bits per heavy atom. The lowest BCUT2D eigenvalue weighted by Crippen LogP contribution is -2.41. The van der Waals surface area contributed by atoms with Crippen LogP contribution in [0.25, 0.3) is 0 Å². The topological polar surface area (TPSA) is 114 Å². The van der Waals surface area contributed by atoms with Crippen LogP contribution in [0.5, 0.6) is 0 Å². The van der Waals surface area contributed by atoms with E-state index in [1.165, 1.54) is 0 Å². The van der Waals surface area contributed by atoms with Crippen LogP contribution in [-0.4, -0.2) is 90.6 Å². The monoisotopic (exact) mass is 332 g/mol. The first kappa shape index (κ1) is 17.6. The molecule has 0 aromatic heterocycles. The third-order valence-electron chi connectivity index (χ3n) is 3.49. The zero-order valence-corrected chi connectivity index (χ0v) is 12.6. The van der Waals surface area contributed by atoms with Gasteiger partial charge in [0.2, 0.25) is 0 Å². The zero-order chi connectivity index (χ0) is 16.1. The highest BCUT2D eigenvalue weighted by Crippen LogP contribution is 2.14. The zero-order valence-electron chi connectivity index (χ0n) is 12.6. The van der Waals surface area contributed by atoms with Crippen molar-refractivity contribution < 1.29 is 47.4 Å². The summed E-state index contributed by atoms with van der Waals surface area (Å²) in [6.07, 6.45) is -0.648. The summed E-state index contributed by atoms with van der Waals surface area (Å²) >= 11 is 0. The summed E-state index contributed by atoms with van der Waals surface area (Å²) in [5.41, 5.74) is 0. The fourth-order valence-corrected chi connectivity index (χ4v) is 2.22. The van der Waals surface area contributed by atoms with E-state index >= 15 is 0 Å². The fraction of sp³-hybridized carbons (Fsp3) is 1.00. The molecule has 23 heavy (non-hydrogen) atoms. The van der Waals surface area contributed by atoms with Crippen LogP contribution in [0.1, 0.15) is 0 Å². The molecule has 3 heterocycles. The maximum Gasteiger partial charge on any atom is 0.639 e. The fourth-order valence-electron chi connectivity index (χ4n) is 2.22. The van der Waals surface area contributed by atoms with Crippen molar-refractivity contribution >= 4 is 22.0 Å². The average molecular weight is 332 g/mol. The predicted molar refractivity (Wildman–Crippen MR) is 75.5 cm³/mol. The van der Waals surface area contributed by atoms with E-state index in [9.17, 15) is 0 Å². The van der Waals surface area contributed by atoms with E-state index in [1.807, 2.05) is 0 Å². The molecule has 3 saturated heterocycles. The average Bonchev–Trinajstić information content (AvgIpc) is 3.20. The summed E-state index contributed by atoms with van der Waals surface area (Å²) in [4.78, 5) is 0. The number of hydrogen-bond acceptors (Lipinski definition) is 10. The van der Waals surface area contributed by atoms with Crippen molar-refractivity contribution in [1.82, 2.24) is 0 Å². The first-order valence-corrected chi connectivity index (χ1v) is 7.52. The van der Waals surface area contributed by atoms with E-state index in [4.69, 9.17) is 47.4 Å². The molecule has 0 aliphatic carbocycles. The minimum Gasteiger partial charge on any atom is -0.402 e. The van der Waals surface area contributed by atoms with E-state index in [0.717, 1.165) is 0 Å². The molecular formula is C10H19B3O10. The van der Waals surface area contributed by atoms with Crippen molar-refractivity contribution in [2.45, 2.75) is 12.2 Å². The highest BCUT2D eigenvalue weighted by molar-refractivity contribution is 6.37. The van der Waals surface area contributed by atoms with Crippen molar-refractivity contribution in [1.29, 1.82) is 0 Å². The predicted octanol–water partition coefficient (Wildman–Crippen LogP) is -2.55. The van der Waals surface area contributed by atoms with Gasteiger partial charge in [-0.05, 0) is 0 Å². The van der Waals surface area contributed by atoms with Crippen LogP contribution in [0.4, 0.5) is 0 Å². The summed E-state index contributed by atoms with van der Waals surface area (Å²) in [6, 6.07) is 0. The van der Waals surface area contributed by atoms with E-state index < -0.39 is 22.0 Å². The van der Waals surface area contributed by atoms with Crippen LogP contribution in [-0.2, 0) is 37.2 Å². The molecule has 3 aliphatic rings. The van der Waals surface area contributed by atoms with E-state index in [1.54, 1.807) is 0 Å². The highest BCUT2D eigenvalue weighted by atomic mass is 16.8. The molecule has 13 heteroatoms. The number of hydrogen-bond donors (Lipinski definition) is 2. The van der Waals surface area contributed by atoms with Crippen LogP contribution in [0.3, 0.4) is 0 Å². The minimum atomic E-state index is -1.20. The molecule has 0 aromatic carbocycles. The molecule has 0 saturated carbocycles. The number of aliphatic hydroxyl groups excluding tert-OH is 1. The standard InChI is InChI=1S/C10H19B3O10/c14-1-8-2-17-12(18-3-8)19-6-10-7-21-13(23-10)20-5-9-4-16-11(15)22-9/h8-10,14-15H,1-7H2. The van der Waals surface area contributed by atoms with E-state index in [2.05, 4.69) is 0 Å². The first-order chi connectivity index (χ1) is 11.2. The van der Waals surface area contributed by atoms with Crippen LogP contribution in [0.15, 0.2) is 0 Å². The van der Waals surface area contributed by atoms with Crippen molar-refractivity contribution in [2.75, 3.05) is 46.2 Å². The highest BCUT2D eigenvalue weighted by Gasteiger charge is 2.38. The quantitative estimate of drug-likeness (QED) is 0.483. The Morgan fingerprint density at radius 2 is 1.43 bits per heavy atom. The van der Waals surface area contributed by atoms with Gasteiger partial charge in [0.05, 0.1) is 45.2 Å². The first-order valence-electron chi connectivity index (χ1n) is 7.52. The van der Waals surface area contributed by atoms with Gasteiger partial charge in [0.25, 0.3) is 0 Å². The normalized spacial score (nSPS) is 29.7. The van der Waals surface area contributed by atoms with Crippen LogP contribution in [0, 0.1) is 5.92 Å². The van der Waals surface area contributed by atoms with Gasteiger partial charge in [0.15, 0.2) is 0 Å². The second kappa shape index (κ2) is 8.76. The maximum atomic E-state index is 9.04. The lowest BCUT2D eigenvalue weighted by molar-refractivity contribution is -0.0114. The Labute approximate surface area is 134 Å². The van der Waals surface area contributed by atoms with Gasteiger partial charge < -0.3 is 47.4 Å². The van der Waals surface area contributed by atoms with Crippen molar-refractivity contribution in [3.8, 4) is 0 Å². The van der Waals surface area contributed by atoms with Gasteiger partial charge in [-0.3, -0.25) is 0 Å². The molecule has 2 N–H and O–H groups in total. The van der Waals surface area contributed by atoms with Gasteiger partial charge in [0, 0.05) is 19.1 Å². The molecule has 0 amide bonds. The van der Waals surface area contributed by atoms with Gasteiger partial charge in [-0.15, -0.1) is 0 Å². The van der Waals surface area contributed by atoms with Crippen molar-refractivity contribution in [3.05, 3.63) is 0 Å². The maximum absolute atomic E-state index is 9.04. The summed E-state index contributed by atoms with van der Waals surface area (Å²) < 4.78 is 42.1. The Bertz CT molecular complexity index is 358. The number of aliphatic hydroxyl groups is 1. The van der Waals surface area contributed by atoms with Gasteiger partial charge in [-0.1, -0.05) is 0 Å². The molecule has 2 atom stereocenters. The Kier molecular flexibility index (Phi) is 6.71. The molecule has 3 rings (SSSR count). The summed E-state index contributed by atoms with van der Waals surface area (Å²) in [5, 5.41) is 18.0. The lowest BCUT2D eigenvalue weighted by atomic mass is 10.1. The van der Waals surface area contributed by atoms with Crippen molar-refractivity contribution in [2.24, 2.45) is 5.92 Å². The molecule has 128 valence electrons. The third kappa shape index (κ3) is 5.39. The second-order valence-corrected chi connectivity index (χ2v) is 5.45. The van der Waals surface area contributed by atoms with Crippen LogP contribution < -0.4 is 0 Å². The molecule has 3 aliphatic heterocycles. The van der Waals surface area contributed by atoms with E-state index in [0.29, 0.717) is 19.8 Å². The van der Waals surface area contributed by atoms with Crippen LogP contribution >= 0.6 is 0 Å². The second-order valence-electron chi connectivity index (χ2n) is 5.45. The Morgan fingerprint density at radius 3 is 2.09 bits per heavy atom. The largest absolute Gasteiger partial charge is 0.639 e. The molecule has 0 radical (unpaired) electrons.